The number of nitrogens with zero attached hydrogens (tertiary/aromatic N) is 1. The van der Waals surface area contributed by atoms with Crippen molar-refractivity contribution in [1.29, 1.82) is 5.26 Å². The predicted molar refractivity (Wildman–Crippen MR) is 117 cm³/mol. The van der Waals surface area contributed by atoms with Crippen LogP contribution in [0.2, 0.25) is 0 Å². The van der Waals surface area contributed by atoms with Crippen molar-refractivity contribution in [2.24, 2.45) is 11.5 Å². The summed E-state index contributed by atoms with van der Waals surface area (Å²) in [5, 5.41) is 12.3. The number of hydrogen-bond acceptors (Lipinski definition) is 8. The number of carbonyl (C=O) groups excluding carboxylic acids is 2. The second kappa shape index (κ2) is 12.9. The van der Waals surface area contributed by atoms with Crippen LogP contribution in [0.15, 0.2) is 46.8 Å². The smallest absolute Gasteiger partial charge is 0.336 e. The molecule has 164 valence electrons. The molecule has 0 saturated carbocycles. The lowest BCUT2D eigenvalue weighted by atomic mass is 9.80. The third-order valence-electron chi connectivity index (χ3n) is 4.25. The van der Waals surface area contributed by atoms with Gasteiger partial charge >= 0.3 is 11.9 Å². The molecule has 30 heavy (non-hydrogen) atoms. The van der Waals surface area contributed by atoms with E-state index in [4.69, 9.17) is 20.9 Å². The molecule has 5 N–H and O–H groups in total. The number of esters is 2. The molecule has 8 nitrogen and oxygen atoms in total. The minimum Gasteiger partial charge on any atom is -0.461 e. The maximum Gasteiger partial charge on any atom is 0.336 e. The lowest BCUT2D eigenvalue weighted by Gasteiger charge is -2.30. The fraction of sp³-hybridized carbons (Fsp3) is 0.350. The molecule has 2 rings (SSSR count). The highest BCUT2D eigenvalue weighted by Gasteiger charge is 2.38. The van der Waals surface area contributed by atoms with Gasteiger partial charge < -0.3 is 26.3 Å². The Morgan fingerprint density at radius 1 is 1.03 bits per heavy atom. The molecule has 0 aliphatic carbocycles. The number of dihydropyridines is 1. The Labute approximate surface area is 188 Å². The van der Waals surface area contributed by atoms with Crippen LogP contribution in [0.25, 0.3) is 0 Å². The normalized spacial score (nSPS) is 13.4. The van der Waals surface area contributed by atoms with Crippen LogP contribution in [-0.4, -0.2) is 38.2 Å². The van der Waals surface area contributed by atoms with Gasteiger partial charge in [-0.25, -0.2) is 9.59 Å². The van der Waals surface area contributed by atoms with Gasteiger partial charge in [0.25, 0.3) is 0 Å². The average molecular weight is 457 g/mol. The van der Waals surface area contributed by atoms with E-state index in [1.54, 1.807) is 38.1 Å². The summed E-state index contributed by atoms with van der Waals surface area (Å²) in [6.07, 6.45) is 0. The highest BCUT2D eigenvalue weighted by Crippen LogP contribution is 2.39. The number of halogens is 2. The molecule has 0 fully saturated rings. The molecule has 0 saturated heterocycles. The maximum atomic E-state index is 12.8. The summed E-state index contributed by atoms with van der Waals surface area (Å²) >= 11 is 0. The highest BCUT2D eigenvalue weighted by molar-refractivity contribution is 5.99. The molecule has 0 unspecified atom stereocenters. The van der Waals surface area contributed by atoms with Gasteiger partial charge in [0, 0.05) is 24.5 Å². The fourth-order valence-corrected chi connectivity index (χ4v) is 3.12. The van der Waals surface area contributed by atoms with Gasteiger partial charge in [0.2, 0.25) is 0 Å². The minimum atomic E-state index is -0.745. The van der Waals surface area contributed by atoms with Crippen LogP contribution in [0, 0.1) is 11.3 Å². The molecule has 1 aliphatic heterocycles. The summed E-state index contributed by atoms with van der Waals surface area (Å²) in [6, 6.07) is 8.82. The van der Waals surface area contributed by atoms with E-state index in [9.17, 15) is 14.9 Å². The molecular formula is C20H26Cl2N4O4. The number of nitrogens with one attached hydrogen (secondary N) is 1. The zero-order valence-electron chi connectivity index (χ0n) is 16.8. The van der Waals surface area contributed by atoms with E-state index in [1.807, 2.05) is 0 Å². The van der Waals surface area contributed by atoms with Crippen LogP contribution in [0.3, 0.4) is 0 Å². The zero-order valence-corrected chi connectivity index (χ0v) is 18.4. The topological polar surface area (TPSA) is 140 Å². The number of rotatable bonds is 7. The summed E-state index contributed by atoms with van der Waals surface area (Å²) in [6.45, 7) is 3.92. The number of ether oxygens (including phenoxy) is 2. The number of carbonyl (C=O) groups is 2. The fourth-order valence-electron chi connectivity index (χ4n) is 3.12. The Balaban J connectivity index is 0.00000420. The van der Waals surface area contributed by atoms with E-state index in [0.29, 0.717) is 22.5 Å². The summed E-state index contributed by atoms with van der Waals surface area (Å²) < 4.78 is 10.5. The van der Waals surface area contributed by atoms with Crippen molar-refractivity contribution >= 4 is 36.8 Å². The molecule has 1 aromatic rings. The van der Waals surface area contributed by atoms with Gasteiger partial charge in [0.15, 0.2) is 0 Å². The lowest BCUT2D eigenvalue weighted by molar-refractivity contribution is -0.139. The molecule has 0 aromatic heterocycles. The Kier molecular flexibility index (Phi) is 11.8. The van der Waals surface area contributed by atoms with E-state index in [0.717, 1.165) is 0 Å². The average Bonchev–Trinajstić information content (AvgIpc) is 2.69. The molecule has 1 aliphatic rings. The molecule has 0 bridgehead atoms. The Morgan fingerprint density at radius 2 is 1.53 bits per heavy atom. The van der Waals surface area contributed by atoms with Gasteiger partial charge in [0.05, 0.1) is 28.7 Å². The second-order valence-corrected chi connectivity index (χ2v) is 6.22. The number of hydrogen-bond donors (Lipinski definition) is 3. The number of nitriles is 1. The Morgan fingerprint density at radius 3 is 1.97 bits per heavy atom. The molecule has 0 amide bonds. The molecule has 0 spiro atoms. The first kappa shape index (κ1) is 27.4. The number of benzene rings is 1. The molecule has 0 atom stereocenters. The maximum absolute atomic E-state index is 12.8. The van der Waals surface area contributed by atoms with Gasteiger partial charge in [-0.1, -0.05) is 12.1 Å². The standard InChI is InChI=1S/C20H24N4O4.2ClH/c1-12-16(19(25)27-8-6-21)18(15-5-3-4-14(10-15)11-23)17(13(2)24-12)20(26)28-9-7-22;;/h3-5,10,18,24H,6-9,21-22H2,1-2H3;2*1H. The van der Waals surface area contributed by atoms with Gasteiger partial charge in [0.1, 0.15) is 13.2 Å². The molecule has 0 radical (unpaired) electrons. The van der Waals surface area contributed by atoms with Crippen molar-refractivity contribution in [3.8, 4) is 6.07 Å². The van der Waals surface area contributed by atoms with Crippen molar-refractivity contribution in [3.63, 3.8) is 0 Å². The van der Waals surface area contributed by atoms with E-state index in [2.05, 4.69) is 11.4 Å². The SMILES string of the molecule is CC1=C(C(=O)OCCN)C(c2cccc(C#N)c2)C(C(=O)OCCN)=C(C)N1.Cl.Cl. The van der Waals surface area contributed by atoms with Gasteiger partial charge in [-0.05, 0) is 31.5 Å². The third kappa shape index (κ3) is 6.21. The predicted octanol–water partition coefficient (Wildman–Crippen LogP) is 1.64. The molecule has 1 heterocycles. The first-order chi connectivity index (χ1) is 13.4. The summed E-state index contributed by atoms with van der Waals surface area (Å²) in [4.78, 5) is 25.5. The van der Waals surface area contributed by atoms with Crippen molar-refractivity contribution in [2.75, 3.05) is 26.3 Å². The van der Waals surface area contributed by atoms with Crippen LogP contribution in [0.5, 0.6) is 0 Å². The van der Waals surface area contributed by atoms with Crippen LogP contribution in [-0.2, 0) is 19.1 Å². The summed E-state index contributed by atoms with van der Waals surface area (Å²) in [5.41, 5.74) is 13.6. The molecular weight excluding hydrogens is 431 g/mol. The minimum absolute atomic E-state index is 0. The number of nitrogens with two attached hydrogens (primary N) is 2. The van der Waals surface area contributed by atoms with E-state index in [-0.39, 0.29) is 62.3 Å². The van der Waals surface area contributed by atoms with Crippen molar-refractivity contribution in [2.45, 2.75) is 19.8 Å². The van der Waals surface area contributed by atoms with Gasteiger partial charge in [-0.15, -0.1) is 24.8 Å². The van der Waals surface area contributed by atoms with Crippen molar-refractivity contribution in [3.05, 3.63) is 57.9 Å². The van der Waals surface area contributed by atoms with E-state index in [1.165, 1.54) is 0 Å². The van der Waals surface area contributed by atoms with Crippen molar-refractivity contribution in [1.82, 2.24) is 5.32 Å². The van der Waals surface area contributed by atoms with Gasteiger partial charge in [-0.2, -0.15) is 5.26 Å². The van der Waals surface area contributed by atoms with E-state index < -0.39 is 17.9 Å². The zero-order chi connectivity index (χ0) is 20.7. The van der Waals surface area contributed by atoms with Gasteiger partial charge in [-0.3, -0.25) is 0 Å². The highest BCUT2D eigenvalue weighted by atomic mass is 35.5. The third-order valence-corrected chi connectivity index (χ3v) is 4.25. The van der Waals surface area contributed by atoms with Crippen LogP contribution in [0.1, 0.15) is 30.9 Å². The monoisotopic (exact) mass is 456 g/mol. The molecule has 10 heteroatoms. The summed E-state index contributed by atoms with van der Waals surface area (Å²) in [5.74, 6) is -1.91. The first-order valence-electron chi connectivity index (χ1n) is 8.87. The Hall–Kier alpha value is -2.57. The number of allylic oxidation sites excluding steroid dienone is 2. The lowest BCUT2D eigenvalue weighted by Crippen LogP contribution is -2.33. The van der Waals surface area contributed by atoms with Crippen LogP contribution >= 0.6 is 24.8 Å². The van der Waals surface area contributed by atoms with Crippen LogP contribution in [0.4, 0.5) is 0 Å². The van der Waals surface area contributed by atoms with E-state index >= 15 is 0 Å². The second-order valence-electron chi connectivity index (χ2n) is 6.22. The quantitative estimate of drug-likeness (QED) is 0.525. The largest absolute Gasteiger partial charge is 0.461 e. The Bertz CT molecular complexity index is 836. The molecule has 1 aromatic carbocycles. The summed E-state index contributed by atoms with van der Waals surface area (Å²) in [7, 11) is 0. The first-order valence-corrected chi connectivity index (χ1v) is 8.87. The van der Waals surface area contributed by atoms with Crippen molar-refractivity contribution < 1.29 is 19.1 Å². The van der Waals surface area contributed by atoms with Crippen LogP contribution < -0.4 is 16.8 Å².